The zero-order valence-corrected chi connectivity index (χ0v) is 19.2. The van der Waals surface area contributed by atoms with Gasteiger partial charge in [0, 0.05) is 17.8 Å². The SMILES string of the molecule is COc1ccc(CNC(=O)CSc2nnc(-c3ccc(OC)cc3)n2-c2ccccc2)cc1. The van der Waals surface area contributed by atoms with E-state index >= 15 is 0 Å². The molecule has 1 aromatic heterocycles. The summed E-state index contributed by atoms with van der Waals surface area (Å²) in [7, 11) is 3.26. The maximum absolute atomic E-state index is 12.5. The second-order valence-electron chi connectivity index (χ2n) is 7.12. The van der Waals surface area contributed by atoms with Crippen LogP contribution in [0.2, 0.25) is 0 Å². The average molecular weight is 461 g/mol. The quantitative estimate of drug-likeness (QED) is 0.374. The molecule has 3 aromatic carbocycles. The number of para-hydroxylation sites is 1. The molecule has 1 heterocycles. The predicted molar refractivity (Wildman–Crippen MR) is 129 cm³/mol. The summed E-state index contributed by atoms with van der Waals surface area (Å²) in [5.41, 5.74) is 2.83. The van der Waals surface area contributed by atoms with Gasteiger partial charge in [0.15, 0.2) is 11.0 Å². The molecule has 7 nitrogen and oxygen atoms in total. The Balaban J connectivity index is 1.48. The van der Waals surface area contributed by atoms with E-state index in [0.29, 0.717) is 17.5 Å². The third-order valence-corrected chi connectivity index (χ3v) is 5.91. The first-order valence-corrected chi connectivity index (χ1v) is 11.3. The number of hydrogen-bond acceptors (Lipinski definition) is 6. The van der Waals surface area contributed by atoms with E-state index in [1.54, 1.807) is 14.2 Å². The molecule has 1 amide bonds. The first-order chi connectivity index (χ1) is 16.2. The van der Waals surface area contributed by atoms with Crippen molar-refractivity contribution >= 4 is 17.7 Å². The smallest absolute Gasteiger partial charge is 0.230 e. The highest BCUT2D eigenvalue weighted by Crippen LogP contribution is 2.29. The molecule has 168 valence electrons. The van der Waals surface area contributed by atoms with Crippen LogP contribution in [0.4, 0.5) is 0 Å². The van der Waals surface area contributed by atoms with Gasteiger partial charge in [0.1, 0.15) is 11.5 Å². The minimum atomic E-state index is -0.0792. The maximum Gasteiger partial charge on any atom is 0.230 e. The predicted octanol–water partition coefficient (Wildman–Crippen LogP) is 4.36. The minimum Gasteiger partial charge on any atom is -0.497 e. The van der Waals surface area contributed by atoms with Crippen molar-refractivity contribution in [1.82, 2.24) is 20.1 Å². The van der Waals surface area contributed by atoms with Crippen LogP contribution in [0.3, 0.4) is 0 Å². The fourth-order valence-corrected chi connectivity index (χ4v) is 4.01. The average Bonchev–Trinajstić information content (AvgIpc) is 3.31. The van der Waals surface area contributed by atoms with E-state index in [9.17, 15) is 4.79 Å². The van der Waals surface area contributed by atoms with Crippen molar-refractivity contribution in [2.45, 2.75) is 11.7 Å². The Hall–Kier alpha value is -3.78. The standard InChI is InChI=1S/C25H24N4O3S/c1-31-21-12-8-18(9-13-21)16-26-23(30)17-33-25-28-27-24(19-10-14-22(32-2)15-11-19)29(25)20-6-4-3-5-7-20/h3-15H,16-17H2,1-2H3,(H,26,30). The summed E-state index contributed by atoms with van der Waals surface area (Å²) in [6, 6.07) is 25.1. The highest BCUT2D eigenvalue weighted by Gasteiger charge is 2.17. The summed E-state index contributed by atoms with van der Waals surface area (Å²) >= 11 is 1.35. The molecule has 0 atom stereocenters. The van der Waals surface area contributed by atoms with Crippen molar-refractivity contribution < 1.29 is 14.3 Å². The van der Waals surface area contributed by atoms with Crippen molar-refractivity contribution in [3.05, 3.63) is 84.4 Å². The molecule has 0 saturated heterocycles. The highest BCUT2D eigenvalue weighted by atomic mass is 32.2. The van der Waals surface area contributed by atoms with Crippen LogP contribution in [0.1, 0.15) is 5.56 Å². The van der Waals surface area contributed by atoms with E-state index in [4.69, 9.17) is 9.47 Å². The number of ether oxygens (including phenoxy) is 2. The lowest BCUT2D eigenvalue weighted by Crippen LogP contribution is -2.24. The van der Waals surface area contributed by atoms with Gasteiger partial charge in [0.05, 0.1) is 20.0 Å². The molecule has 0 aliphatic heterocycles. The largest absolute Gasteiger partial charge is 0.497 e. The van der Waals surface area contributed by atoms with Crippen molar-refractivity contribution in [1.29, 1.82) is 0 Å². The van der Waals surface area contributed by atoms with E-state index in [-0.39, 0.29) is 11.7 Å². The van der Waals surface area contributed by atoms with Crippen molar-refractivity contribution in [2.75, 3.05) is 20.0 Å². The first-order valence-electron chi connectivity index (χ1n) is 10.4. The van der Waals surface area contributed by atoms with Crippen LogP contribution in [0.15, 0.2) is 84.0 Å². The molecule has 0 bridgehead atoms. The molecule has 1 N–H and O–H groups in total. The van der Waals surface area contributed by atoms with E-state index in [2.05, 4.69) is 15.5 Å². The Bertz CT molecular complexity index is 1190. The van der Waals surface area contributed by atoms with E-state index in [1.807, 2.05) is 83.4 Å². The van der Waals surface area contributed by atoms with Crippen LogP contribution >= 0.6 is 11.8 Å². The van der Waals surface area contributed by atoms with E-state index in [0.717, 1.165) is 28.3 Å². The van der Waals surface area contributed by atoms with Gasteiger partial charge < -0.3 is 14.8 Å². The van der Waals surface area contributed by atoms with E-state index < -0.39 is 0 Å². The van der Waals surface area contributed by atoms with Gasteiger partial charge in [-0.1, -0.05) is 42.1 Å². The Morgan fingerprint density at radius 3 is 2.15 bits per heavy atom. The summed E-state index contributed by atoms with van der Waals surface area (Å²) in [5, 5.41) is 12.4. The number of methoxy groups -OCH3 is 2. The molecular weight excluding hydrogens is 436 g/mol. The maximum atomic E-state index is 12.5. The van der Waals surface area contributed by atoms with Crippen LogP contribution in [0.5, 0.6) is 11.5 Å². The van der Waals surface area contributed by atoms with Crippen LogP contribution in [0.25, 0.3) is 17.1 Å². The van der Waals surface area contributed by atoms with E-state index in [1.165, 1.54) is 11.8 Å². The number of nitrogens with zero attached hydrogens (tertiary/aromatic N) is 3. The lowest BCUT2D eigenvalue weighted by Gasteiger charge is -2.11. The van der Waals surface area contributed by atoms with Gasteiger partial charge in [-0.05, 0) is 54.1 Å². The van der Waals surface area contributed by atoms with Crippen LogP contribution in [-0.2, 0) is 11.3 Å². The molecule has 0 aliphatic carbocycles. The van der Waals surface area contributed by atoms with Gasteiger partial charge >= 0.3 is 0 Å². The van der Waals surface area contributed by atoms with Gasteiger partial charge in [-0.15, -0.1) is 10.2 Å². The Labute approximate surface area is 196 Å². The first kappa shape index (κ1) is 22.4. The zero-order valence-electron chi connectivity index (χ0n) is 18.4. The topological polar surface area (TPSA) is 78.3 Å². The molecule has 4 rings (SSSR count). The summed E-state index contributed by atoms with van der Waals surface area (Å²) < 4.78 is 12.4. The molecule has 0 saturated carbocycles. The number of hydrogen-bond donors (Lipinski definition) is 1. The summed E-state index contributed by atoms with van der Waals surface area (Å²) in [4.78, 5) is 12.5. The molecule has 0 unspecified atom stereocenters. The number of nitrogens with one attached hydrogen (secondary N) is 1. The number of carbonyl (C=O) groups excluding carboxylic acids is 1. The van der Waals surface area contributed by atoms with Gasteiger partial charge in [0.2, 0.25) is 5.91 Å². The highest BCUT2D eigenvalue weighted by molar-refractivity contribution is 7.99. The van der Waals surface area contributed by atoms with Gasteiger partial charge in [-0.3, -0.25) is 9.36 Å². The normalized spacial score (nSPS) is 10.6. The number of benzene rings is 3. The third kappa shape index (κ3) is 5.53. The summed E-state index contributed by atoms with van der Waals surface area (Å²) in [6.45, 7) is 0.450. The second-order valence-corrected chi connectivity index (χ2v) is 8.06. The van der Waals surface area contributed by atoms with Gasteiger partial charge in [0.25, 0.3) is 0 Å². The molecule has 8 heteroatoms. The molecule has 0 radical (unpaired) electrons. The number of aromatic nitrogens is 3. The Kier molecular flexibility index (Phi) is 7.26. The van der Waals surface area contributed by atoms with Crippen molar-refractivity contribution in [3.63, 3.8) is 0 Å². The molecule has 33 heavy (non-hydrogen) atoms. The lowest BCUT2D eigenvalue weighted by atomic mass is 10.2. The number of rotatable bonds is 9. The molecule has 0 aliphatic rings. The molecular formula is C25H24N4O3S. The number of amides is 1. The Morgan fingerprint density at radius 1 is 0.879 bits per heavy atom. The molecule has 4 aromatic rings. The van der Waals surface area contributed by atoms with Gasteiger partial charge in [-0.25, -0.2) is 0 Å². The van der Waals surface area contributed by atoms with Crippen LogP contribution in [-0.4, -0.2) is 40.6 Å². The Morgan fingerprint density at radius 2 is 1.52 bits per heavy atom. The molecule has 0 spiro atoms. The van der Waals surface area contributed by atoms with Crippen molar-refractivity contribution in [3.8, 4) is 28.6 Å². The summed E-state index contributed by atoms with van der Waals surface area (Å²) in [5.74, 6) is 2.40. The fourth-order valence-electron chi connectivity index (χ4n) is 3.23. The van der Waals surface area contributed by atoms with Crippen molar-refractivity contribution in [2.24, 2.45) is 0 Å². The monoisotopic (exact) mass is 460 g/mol. The lowest BCUT2D eigenvalue weighted by molar-refractivity contribution is -0.118. The second kappa shape index (κ2) is 10.7. The summed E-state index contributed by atoms with van der Waals surface area (Å²) in [6.07, 6.45) is 0. The minimum absolute atomic E-state index is 0.0792. The van der Waals surface area contributed by atoms with Crippen LogP contribution in [0, 0.1) is 0 Å². The van der Waals surface area contributed by atoms with Crippen LogP contribution < -0.4 is 14.8 Å². The zero-order chi connectivity index (χ0) is 23.0. The fraction of sp³-hybridized carbons (Fsp3) is 0.160. The van der Waals surface area contributed by atoms with Gasteiger partial charge in [-0.2, -0.15) is 0 Å². The molecule has 0 fully saturated rings. The number of carbonyl (C=O) groups is 1. The third-order valence-electron chi connectivity index (χ3n) is 4.98. The number of thioether (sulfide) groups is 1.